The highest BCUT2D eigenvalue weighted by atomic mass is 16.5. The van der Waals surface area contributed by atoms with E-state index >= 15 is 0 Å². The maximum Gasteiger partial charge on any atom is 0.170 e. The maximum atomic E-state index is 9.16. The average Bonchev–Trinajstić information content (AvgIpc) is 2.46. The van der Waals surface area contributed by atoms with Crippen LogP contribution in [-0.4, -0.2) is 16.1 Å². The van der Waals surface area contributed by atoms with Crippen LogP contribution in [0.2, 0.25) is 0 Å². The predicted molar refractivity (Wildman–Crippen MR) is 71.4 cm³/mol. The van der Waals surface area contributed by atoms with Crippen LogP contribution in [0.3, 0.4) is 0 Å². The molecule has 0 heterocycles. The Labute approximate surface area is 110 Å². The molecule has 0 aliphatic carbocycles. The molecule has 2 rings (SSSR count). The molecule has 19 heavy (non-hydrogen) atoms. The second kappa shape index (κ2) is 5.77. The molecule has 98 valence electrons. The van der Waals surface area contributed by atoms with Gasteiger partial charge >= 0.3 is 0 Å². The number of phenolic OH excluding ortho intramolecular Hbond substituents is 1. The molecule has 0 aliphatic heterocycles. The summed E-state index contributed by atoms with van der Waals surface area (Å²) in [6, 6.07) is 13.7. The van der Waals surface area contributed by atoms with E-state index in [4.69, 9.17) is 20.8 Å². The summed E-state index contributed by atoms with van der Waals surface area (Å²) < 4.78 is 5.58. The molecule has 0 saturated carbocycles. The van der Waals surface area contributed by atoms with Crippen LogP contribution in [0.1, 0.15) is 11.1 Å². The lowest BCUT2D eigenvalue weighted by atomic mass is 10.2. The monoisotopic (exact) mass is 258 g/mol. The highest BCUT2D eigenvalue weighted by Gasteiger charge is 2.00. The van der Waals surface area contributed by atoms with Crippen LogP contribution < -0.4 is 10.5 Å². The molecule has 0 aliphatic rings. The van der Waals surface area contributed by atoms with Crippen LogP contribution in [0.4, 0.5) is 0 Å². The standard InChI is InChI=1S/C14H14N2O3/c15-14(16-18)11-3-7-13(8-4-11)19-9-10-1-5-12(17)6-2-10/h1-8,17-18H,9H2,(H2,15,16). The van der Waals surface area contributed by atoms with Gasteiger partial charge in [-0.15, -0.1) is 0 Å². The van der Waals surface area contributed by atoms with Crippen molar-refractivity contribution < 1.29 is 15.1 Å². The van der Waals surface area contributed by atoms with E-state index in [1.54, 1.807) is 48.5 Å². The first-order chi connectivity index (χ1) is 9.19. The van der Waals surface area contributed by atoms with Crippen molar-refractivity contribution in [2.24, 2.45) is 10.9 Å². The number of hydrogen-bond acceptors (Lipinski definition) is 4. The first kappa shape index (κ1) is 12.8. The number of nitrogens with zero attached hydrogens (tertiary/aromatic N) is 1. The fraction of sp³-hybridized carbons (Fsp3) is 0.0714. The van der Waals surface area contributed by atoms with Crippen LogP contribution in [-0.2, 0) is 6.61 Å². The Morgan fingerprint density at radius 2 is 1.68 bits per heavy atom. The molecule has 0 bridgehead atoms. The van der Waals surface area contributed by atoms with Crippen molar-refractivity contribution in [1.29, 1.82) is 0 Å². The summed E-state index contributed by atoms with van der Waals surface area (Å²) in [6.45, 7) is 0.406. The Hall–Kier alpha value is -2.69. The SMILES string of the molecule is NC(=NO)c1ccc(OCc2ccc(O)cc2)cc1. The number of benzene rings is 2. The molecule has 0 unspecified atom stereocenters. The third kappa shape index (κ3) is 3.38. The quantitative estimate of drug-likeness (QED) is 0.339. The lowest BCUT2D eigenvalue weighted by molar-refractivity contribution is 0.306. The summed E-state index contributed by atoms with van der Waals surface area (Å²) in [6.07, 6.45) is 0. The minimum absolute atomic E-state index is 0.0603. The van der Waals surface area contributed by atoms with Crippen molar-refractivity contribution in [3.63, 3.8) is 0 Å². The number of phenols is 1. The van der Waals surface area contributed by atoms with E-state index in [0.29, 0.717) is 17.9 Å². The van der Waals surface area contributed by atoms with Gasteiger partial charge in [-0.3, -0.25) is 0 Å². The predicted octanol–water partition coefficient (Wildman–Crippen LogP) is 2.07. The molecule has 0 fully saturated rings. The molecule has 0 radical (unpaired) electrons. The zero-order chi connectivity index (χ0) is 13.7. The summed E-state index contributed by atoms with van der Waals surface area (Å²) in [5, 5.41) is 20.6. The van der Waals surface area contributed by atoms with Crippen molar-refractivity contribution in [3.8, 4) is 11.5 Å². The molecule has 0 saturated heterocycles. The molecule has 5 nitrogen and oxygen atoms in total. The fourth-order valence-electron chi connectivity index (χ4n) is 1.54. The van der Waals surface area contributed by atoms with E-state index in [1.807, 2.05) is 0 Å². The number of amidine groups is 1. The van der Waals surface area contributed by atoms with Crippen molar-refractivity contribution in [1.82, 2.24) is 0 Å². The Bertz CT molecular complexity index is 562. The first-order valence-corrected chi connectivity index (χ1v) is 5.67. The highest BCUT2D eigenvalue weighted by Crippen LogP contribution is 2.15. The summed E-state index contributed by atoms with van der Waals surface area (Å²) in [4.78, 5) is 0. The molecule has 0 amide bonds. The van der Waals surface area contributed by atoms with Crippen LogP contribution in [0.15, 0.2) is 53.7 Å². The third-order valence-corrected chi connectivity index (χ3v) is 2.60. The summed E-state index contributed by atoms with van der Waals surface area (Å²) in [7, 11) is 0. The van der Waals surface area contributed by atoms with Crippen molar-refractivity contribution in [3.05, 3.63) is 59.7 Å². The Morgan fingerprint density at radius 3 is 2.26 bits per heavy atom. The number of hydrogen-bond donors (Lipinski definition) is 3. The van der Waals surface area contributed by atoms with Crippen molar-refractivity contribution in [2.75, 3.05) is 0 Å². The van der Waals surface area contributed by atoms with Crippen molar-refractivity contribution >= 4 is 5.84 Å². The molecule has 0 aromatic heterocycles. The molecule has 0 spiro atoms. The Morgan fingerprint density at radius 1 is 1.05 bits per heavy atom. The first-order valence-electron chi connectivity index (χ1n) is 5.67. The van der Waals surface area contributed by atoms with E-state index < -0.39 is 0 Å². The van der Waals surface area contributed by atoms with Gasteiger partial charge in [0.05, 0.1) is 0 Å². The van der Waals surface area contributed by atoms with E-state index in [0.717, 1.165) is 5.56 Å². The molecule has 0 atom stereocenters. The highest BCUT2D eigenvalue weighted by molar-refractivity contribution is 5.97. The van der Waals surface area contributed by atoms with Gasteiger partial charge in [-0.2, -0.15) is 0 Å². The minimum Gasteiger partial charge on any atom is -0.508 e. The molecule has 2 aromatic rings. The summed E-state index contributed by atoms with van der Waals surface area (Å²) in [5.74, 6) is 0.972. The largest absolute Gasteiger partial charge is 0.508 e. The molecule has 4 N–H and O–H groups in total. The van der Waals surface area contributed by atoms with Crippen LogP contribution in [0, 0.1) is 0 Å². The fourth-order valence-corrected chi connectivity index (χ4v) is 1.54. The van der Waals surface area contributed by atoms with Gasteiger partial charge in [0.1, 0.15) is 18.1 Å². The minimum atomic E-state index is 0.0603. The van der Waals surface area contributed by atoms with Crippen LogP contribution >= 0.6 is 0 Å². The van der Waals surface area contributed by atoms with Crippen LogP contribution in [0.5, 0.6) is 11.5 Å². The van der Waals surface area contributed by atoms with Gasteiger partial charge in [-0.1, -0.05) is 17.3 Å². The van der Waals surface area contributed by atoms with Gasteiger partial charge in [-0.25, -0.2) is 0 Å². The topological polar surface area (TPSA) is 88.1 Å². The van der Waals surface area contributed by atoms with E-state index in [2.05, 4.69) is 5.16 Å². The number of ether oxygens (including phenoxy) is 1. The Kier molecular flexibility index (Phi) is 3.87. The Balaban J connectivity index is 1.98. The van der Waals surface area contributed by atoms with Gasteiger partial charge in [0.2, 0.25) is 0 Å². The molecular weight excluding hydrogens is 244 g/mol. The number of oxime groups is 1. The second-order valence-electron chi connectivity index (χ2n) is 3.96. The van der Waals surface area contributed by atoms with E-state index in [1.165, 1.54) is 0 Å². The number of aromatic hydroxyl groups is 1. The second-order valence-corrected chi connectivity index (χ2v) is 3.96. The zero-order valence-electron chi connectivity index (χ0n) is 10.2. The van der Waals surface area contributed by atoms with Gasteiger partial charge in [-0.05, 0) is 42.0 Å². The average molecular weight is 258 g/mol. The third-order valence-electron chi connectivity index (χ3n) is 2.60. The zero-order valence-corrected chi connectivity index (χ0v) is 10.2. The maximum absolute atomic E-state index is 9.16. The van der Waals surface area contributed by atoms with E-state index in [9.17, 15) is 0 Å². The summed E-state index contributed by atoms with van der Waals surface area (Å²) in [5.41, 5.74) is 7.04. The van der Waals surface area contributed by atoms with Gasteiger partial charge in [0.25, 0.3) is 0 Å². The van der Waals surface area contributed by atoms with Gasteiger partial charge in [0, 0.05) is 5.56 Å². The molecular formula is C14H14N2O3. The lowest BCUT2D eigenvalue weighted by Crippen LogP contribution is -2.12. The molecule has 5 heteroatoms. The van der Waals surface area contributed by atoms with Gasteiger partial charge < -0.3 is 20.8 Å². The van der Waals surface area contributed by atoms with E-state index in [-0.39, 0.29) is 11.6 Å². The normalized spacial score (nSPS) is 11.3. The summed E-state index contributed by atoms with van der Waals surface area (Å²) >= 11 is 0. The number of nitrogens with two attached hydrogens (primary N) is 1. The van der Waals surface area contributed by atoms with Crippen molar-refractivity contribution in [2.45, 2.75) is 6.61 Å². The number of rotatable bonds is 4. The smallest absolute Gasteiger partial charge is 0.170 e. The van der Waals surface area contributed by atoms with Crippen LogP contribution in [0.25, 0.3) is 0 Å². The van der Waals surface area contributed by atoms with Gasteiger partial charge in [0.15, 0.2) is 5.84 Å². The lowest BCUT2D eigenvalue weighted by Gasteiger charge is -2.07. The molecule has 2 aromatic carbocycles.